The third-order valence-electron chi connectivity index (χ3n) is 5.00. The van der Waals surface area contributed by atoms with E-state index in [1.54, 1.807) is 30.3 Å². The van der Waals surface area contributed by atoms with Crippen LogP contribution < -0.4 is 9.62 Å². The second-order valence-corrected chi connectivity index (χ2v) is 9.31. The standard InChI is InChI=1S/C24H19ClN2O3S/c1-27(18-10-3-2-4-11-18)31(29,30)19-14-15-22(25)21(16-19)24(28)26-23-13-7-9-17-8-5-6-12-20(17)23/h2-16H,1H3,(H,26,28). The van der Waals surface area contributed by atoms with E-state index in [0.29, 0.717) is 11.4 Å². The number of carbonyl (C=O) groups excluding carboxylic acids is 1. The summed E-state index contributed by atoms with van der Waals surface area (Å²) in [6.07, 6.45) is 0. The molecule has 0 aliphatic heterocycles. The van der Waals surface area contributed by atoms with Crippen molar-refractivity contribution in [3.05, 3.63) is 102 Å². The van der Waals surface area contributed by atoms with E-state index >= 15 is 0 Å². The number of halogens is 1. The van der Waals surface area contributed by atoms with E-state index in [2.05, 4.69) is 5.32 Å². The number of hydrogen-bond acceptors (Lipinski definition) is 3. The van der Waals surface area contributed by atoms with Crippen molar-refractivity contribution in [3.8, 4) is 0 Å². The van der Waals surface area contributed by atoms with Crippen LogP contribution >= 0.6 is 11.6 Å². The fourth-order valence-corrected chi connectivity index (χ4v) is 4.72. The van der Waals surface area contributed by atoms with Gasteiger partial charge < -0.3 is 5.32 Å². The Balaban J connectivity index is 1.68. The molecule has 4 aromatic rings. The van der Waals surface area contributed by atoms with Gasteiger partial charge in [0.25, 0.3) is 15.9 Å². The average molecular weight is 451 g/mol. The highest BCUT2D eigenvalue weighted by atomic mass is 35.5. The average Bonchev–Trinajstić information content (AvgIpc) is 2.79. The first kappa shape index (κ1) is 20.9. The first-order valence-electron chi connectivity index (χ1n) is 9.50. The minimum Gasteiger partial charge on any atom is -0.321 e. The molecule has 0 fully saturated rings. The molecular formula is C24H19ClN2O3S. The lowest BCUT2D eigenvalue weighted by Gasteiger charge is -2.20. The third kappa shape index (κ3) is 4.13. The highest BCUT2D eigenvalue weighted by Crippen LogP contribution is 2.28. The summed E-state index contributed by atoms with van der Waals surface area (Å²) in [5.74, 6) is -0.485. The molecule has 0 saturated heterocycles. The van der Waals surface area contributed by atoms with Gasteiger partial charge in [-0.15, -0.1) is 0 Å². The Hall–Kier alpha value is -3.35. The van der Waals surface area contributed by atoms with E-state index < -0.39 is 15.9 Å². The molecule has 7 heteroatoms. The molecule has 4 rings (SSSR count). The van der Waals surface area contributed by atoms with E-state index in [-0.39, 0.29) is 15.5 Å². The number of para-hydroxylation sites is 1. The maximum atomic E-state index is 13.1. The maximum absolute atomic E-state index is 13.1. The largest absolute Gasteiger partial charge is 0.321 e. The molecule has 0 saturated carbocycles. The number of rotatable bonds is 5. The molecule has 0 aliphatic rings. The van der Waals surface area contributed by atoms with Gasteiger partial charge in [0.05, 0.1) is 21.2 Å². The highest BCUT2D eigenvalue weighted by molar-refractivity contribution is 7.92. The number of amides is 1. The quantitative estimate of drug-likeness (QED) is 0.432. The van der Waals surface area contributed by atoms with Gasteiger partial charge in [0.15, 0.2) is 0 Å². The van der Waals surface area contributed by atoms with Crippen molar-refractivity contribution >= 4 is 49.7 Å². The molecular weight excluding hydrogens is 432 g/mol. The fourth-order valence-electron chi connectivity index (χ4n) is 3.30. The summed E-state index contributed by atoms with van der Waals surface area (Å²) >= 11 is 6.25. The monoisotopic (exact) mass is 450 g/mol. The molecule has 5 nitrogen and oxygen atoms in total. The summed E-state index contributed by atoms with van der Waals surface area (Å²) < 4.78 is 27.4. The summed E-state index contributed by atoms with van der Waals surface area (Å²) in [7, 11) is -2.41. The number of fused-ring (bicyclic) bond motifs is 1. The van der Waals surface area contributed by atoms with Gasteiger partial charge in [-0.1, -0.05) is 66.2 Å². The third-order valence-corrected chi connectivity index (χ3v) is 7.11. The minimum atomic E-state index is -3.88. The molecule has 0 spiro atoms. The molecule has 31 heavy (non-hydrogen) atoms. The van der Waals surface area contributed by atoms with Crippen LogP contribution in [0, 0.1) is 0 Å². The van der Waals surface area contributed by atoms with Crippen LogP contribution in [0.2, 0.25) is 5.02 Å². The van der Waals surface area contributed by atoms with Crippen LogP contribution in [0.25, 0.3) is 10.8 Å². The van der Waals surface area contributed by atoms with Crippen molar-refractivity contribution in [1.82, 2.24) is 0 Å². The number of hydrogen-bond donors (Lipinski definition) is 1. The number of carbonyl (C=O) groups is 1. The molecule has 0 radical (unpaired) electrons. The number of sulfonamides is 1. The molecule has 4 aromatic carbocycles. The zero-order chi connectivity index (χ0) is 22.0. The van der Waals surface area contributed by atoms with Crippen molar-refractivity contribution in [1.29, 1.82) is 0 Å². The molecule has 1 amide bonds. The molecule has 0 aromatic heterocycles. The lowest BCUT2D eigenvalue weighted by atomic mass is 10.1. The molecule has 0 atom stereocenters. The fraction of sp³-hybridized carbons (Fsp3) is 0.0417. The van der Waals surface area contributed by atoms with Crippen molar-refractivity contribution in [2.45, 2.75) is 4.90 Å². The predicted octanol–water partition coefficient (Wildman–Crippen LogP) is 5.57. The van der Waals surface area contributed by atoms with Crippen molar-refractivity contribution in [2.24, 2.45) is 0 Å². The van der Waals surface area contributed by atoms with Gasteiger partial charge in [-0.3, -0.25) is 9.10 Å². The Labute approximate surface area is 185 Å². The Bertz CT molecular complexity index is 1370. The first-order valence-corrected chi connectivity index (χ1v) is 11.3. The maximum Gasteiger partial charge on any atom is 0.264 e. The lowest BCUT2D eigenvalue weighted by molar-refractivity contribution is 0.102. The van der Waals surface area contributed by atoms with E-state index in [9.17, 15) is 13.2 Å². The molecule has 0 aliphatic carbocycles. The molecule has 1 N–H and O–H groups in total. The summed E-state index contributed by atoms with van der Waals surface area (Å²) in [6, 6.07) is 26.1. The summed E-state index contributed by atoms with van der Waals surface area (Å²) in [5, 5.41) is 4.87. The Morgan fingerprint density at radius 3 is 2.32 bits per heavy atom. The van der Waals surface area contributed by atoms with E-state index in [1.807, 2.05) is 42.5 Å². The Morgan fingerprint density at radius 1 is 0.871 bits per heavy atom. The molecule has 156 valence electrons. The van der Waals surface area contributed by atoms with Crippen LogP contribution in [0.5, 0.6) is 0 Å². The number of nitrogens with zero attached hydrogens (tertiary/aromatic N) is 1. The topological polar surface area (TPSA) is 66.5 Å². The lowest BCUT2D eigenvalue weighted by Crippen LogP contribution is -2.27. The van der Waals surface area contributed by atoms with Gasteiger partial charge in [0, 0.05) is 18.1 Å². The number of benzene rings is 4. The molecule has 0 bridgehead atoms. The van der Waals surface area contributed by atoms with Gasteiger partial charge >= 0.3 is 0 Å². The van der Waals surface area contributed by atoms with E-state index in [1.165, 1.54) is 29.6 Å². The van der Waals surface area contributed by atoms with E-state index in [4.69, 9.17) is 11.6 Å². The summed E-state index contributed by atoms with van der Waals surface area (Å²) in [6.45, 7) is 0. The normalized spacial score (nSPS) is 11.3. The minimum absolute atomic E-state index is 0.0219. The van der Waals surface area contributed by atoms with Crippen molar-refractivity contribution in [2.75, 3.05) is 16.7 Å². The van der Waals surface area contributed by atoms with Gasteiger partial charge in [0.2, 0.25) is 0 Å². The van der Waals surface area contributed by atoms with Crippen LogP contribution in [0.3, 0.4) is 0 Å². The SMILES string of the molecule is CN(c1ccccc1)S(=O)(=O)c1ccc(Cl)c(C(=O)Nc2cccc3ccccc23)c1. The zero-order valence-electron chi connectivity index (χ0n) is 16.6. The second kappa shape index (κ2) is 8.41. The van der Waals surface area contributed by atoms with Crippen LogP contribution in [0.15, 0.2) is 95.9 Å². The highest BCUT2D eigenvalue weighted by Gasteiger charge is 2.24. The zero-order valence-corrected chi connectivity index (χ0v) is 18.2. The van der Waals surface area contributed by atoms with Crippen LogP contribution in [-0.2, 0) is 10.0 Å². The summed E-state index contributed by atoms with van der Waals surface area (Å²) in [5.41, 5.74) is 1.21. The number of nitrogens with one attached hydrogen (secondary N) is 1. The van der Waals surface area contributed by atoms with Crippen LogP contribution in [-0.4, -0.2) is 21.4 Å². The van der Waals surface area contributed by atoms with Crippen molar-refractivity contribution in [3.63, 3.8) is 0 Å². The van der Waals surface area contributed by atoms with E-state index in [0.717, 1.165) is 10.8 Å². The summed E-state index contributed by atoms with van der Waals surface area (Å²) in [4.78, 5) is 13.0. The van der Waals surface area contributed by atoms with Gasteiger partial charge in [-0.05, 0) is 41.8 Å². The number of anilines is 2. The first-order chi connectivity index (χ1) is 14.9. The predicted molar refractivity (Wildman–Crippen MR) is 125 cm³/mol. The van der Waals surface area contributed by atoms with Crippen LogP contribution in [0.1, 0.15) is 10.4 Å². The van der Waals surface area contributed by atoms with Gasteiger partial charge in [-0.2, -0.15) is 0 Å². The second-order valence-electron chi connectivity index (χ2n) is 6.93. The Kier molecular flexibility index (Phi) is 5.67. The Morgan fingerprint density at radius 2 is 1.55 bits per heavy atom. The van der Waals surface area contributed by atoms with Gasteiger partial charge in [0.1, 0.15) is 0 Å². The molecule has 0 heterocycles. The van der Waals surface area contributed by atoms with Crippen molar-refractivity contribution < 1.29 is 13.2 Å². The van der Waals surface area contributed by atoms with Gasteiger partial charge in [-0.25, -0.2) is 8.42 Å². The van der Waals surface area contributed by atoms with Crippen LogP contribution in [0.4, 0.5) is 11.4 Å². The smallest absolute Gasteiger partial charge is 0.264 e. The molecule has 0 unspecified atom stereocenters.